The smallest absolute Gasteiger partial charge is 0.326 e. The van der Waals surface area contributed by atoms with Gasteiger partial charge in [0.2, 0.25) is 82.7 Å². The number of carbonyl (C=O) groups excluding carboxylic acids is 14. The number of carboxylic acid groups (broad SMARTS) is 7. The van der Waals surface area contributed by atoms with Gasteiger partial charge in [-0.25, -0.2) is 4.79 Å². The van der Waals surface area contributed by atoms with E-state index in [9.17, 15) is 142 Å². The minimum absolute atomic E-state index is 0.00153. The summed E-state index contributed by atoms with van der Waals surface area (Å²) in [6.07, 6.45) is -9.69. The van der Waals surface area contributed by atoms with E-state index in [1.165, 1.54) is 60.7 Å². The van der Waals surface area contributed by atoms with E-state index in [0.717, 1.165) is 14.7 Å². The normalized spacial score (nSPS) is 16.9. The van der Waals surface area contributed by atoms with Crippen LogP contribution < -0.4 is 86.3 Å². The Labute approximate surface area is 786 Å². The molecule has 138 heavy (non-hydrogen) atoms. The average molecular weight is 1930 g/mol. The lowest BCUT2D eigenvalue weighted by molar-refractivity contribution is -0.148. The number of nitrogens with two attached hydrogens (primary N) is 3. The fraction of sp³-hybridized carbons (Fsp3) is 0.460. The van der Waals surface area contributed by atoms with Gasteiger partial charge in [0.05, 0.1) is 44.6 Å². The Bertz CT molecular complexity index is 5120. The molecule has 3 fully saturated rings. The molecule has 4 aromatic carbocycles. The molecule has 3 aliphatic heterocycles. The van der Waals surface area contributed by atoms with E-state index in [0.29, 0.717) is 11.1 Å². The first kappa shape index (κ1) is 109. The number of carbonyl (C=O) groups is 21. The predicted octanol–water partition coefficient (Wildman–Crippen LogP) is -6.54. The van der Waals surface area contributed by atoms with Crippen LogP contribution in [0.25, 0.3) is 0 Å². The summed E-state index contributed by atoms with van der Waals surface area (Å²) in [4.78, 5) is 291. The number of carboxylic acids is 7. The molecule has 3 heterocycles. The number of aliphatic carboxylic acids is 7. The molecule has 30 N–H and O–H groups in total. The molecule has 3 saturated heterocycles. The number of benzene rings is 4. The summed E-state index contributed by atoms with van der Waals surface area (Å²) in [5, 5.41) is 136. The van der Waals surface area contributed by atoms with Crippen LogP contribution >= 0.6 is 0 Å². The predicted molar refractivity (Wildman–Crippen MR) is 477 cm³/mol. The Kier molecular flexibility index (Phi) is 41.9. The van der Waals surface area contributed by atoms with Gasteiger partial charge in [-0.3, -0.25) is 107 Å². The Morgan fingerprint density at radius 3 is 0.913 bits per heavy atom. The second-order valence-corrected chi connectivity index (χ2v) is 32.9. The van der Waals surface area contributed by atoms with Crippen LogP contribution in [-0.4, -0.2) is 320 Å². The molecular weight excluding hydrogens is 1820 g/mol. The highest BCUT2D eigenvalue weighted by molar-refractivity contribution is 6.03. The van der Waals surface area contributed by atoms with Crippen LogP contribution in [0.1, 0.15) is 125 Å². The minimum atomic E-state index is -2.14. The Morgan fingerprint density at radius 2 is 0.565 bits per heavy atom. The summed E-state index contributed by atoms with van der Waals surface area (Å²) in [6, 6.07) is -1.32. The molecule has 4 aromatic rings. The second kappa shape index (κ2) is 53.1. The van der Waals surface area contributed by atoms with Gasteiger partial charge in [-0.1, -0.05) is 84.9 Å². The molecule has 746 valence electrons. The van der Waals surface area contributed by atoms with Gasteiger partial charge >= 0.3 is 41.8 Å². The summed E-state index contributed by atoms with van der Waals surface area (Å²) in [5.74, 6) is -29.7. The summed E-state index contributed by atoms with van der Waals surface area (Å²) in [5.41, 5.74) is 18.0. The monoisotopic (exact) mass is 1930 g/mol. The van der Waals surface area contributed by atoms with Crippen molar-refractivity contribution in [2.45, 2.75) is 219 Å². The highest BCUT2D eigenvalue weighted by Crippen LogP contribution is 2.26. The van der Waals surface area contributed by atoms with E-state index in [1.807, 2.05) is 0 Å². The molecule has 51 heteroatoms. The van der Waals surface area contributed by atoms with E-state index in [1.54, 1.807) is 48.5 Å². The van der Waals surface area contributed by atoms with Crippen LogP contribution in [-0.2, 0) is 126 Å². The van der Waals surface area contributed by atoms with Crippen molar-refractivity contribution in [1.82, 2.24) is 83.8 Å². The van der Waals surface area contributed by atoms with Crippen molar-refractivity contribution in [2.75, 3.05) is 32.7 Å². The lowest BCUT2D eigenvalue weighted by atomic mass is 10.0. The van der Waals surface area contributed by atoms with Crippen LogP contribution in [0.3, 0.4) is 0 Å². The summed E-state index contributed by atoms with van der Waals surface area (Å²) < 4.78 is 0. The van der Waals surface area contributed by atoms with E-state index in [-0.39, 0.29) is 132 Å². The van der Waals surface area contributed by atoms with Gasteiger partial charge in [0, 0.05) is 58.4 Å². The third kappa shape index (κ3) is 35.0. The van der Waals surface area contributed by atoms with Crippen molar-refractivity contribution in [1.29, 1.82) is 10.8 Å². The minimum Gasteiger partial charge on any atom is -0.508 e. The van der Waals surface area contributed by atoms with Gasteiger partial charge in [-0.05, 0) is 111 Å². The Morgan fingerprint density at radius 1 is 0.312 bits per heavy atom. The molecule has 7 rings (SSSR count). The van der Waals surface area contributed by atoms with Gasteiger partial charge in [0.1, 0.15) is 96.1 Å². The fourth-order valence-electron chi connectivity index (χ4n) is 15.5. The van der Waals surface area contributed by atoms with Crippen molar-refractivity contribution in [3.63, 3.8) is 0 Å². The van der Waals surface area contributed by atoms with Crippen LogP contribution in [0.2, 0.25) is 0 Å². The molecule has 0 spiro atoms. The third-order valence-corrected chi connectivity index (χ3v) is 22.3. The molecule has 0 unspecified atom stereocenters. The van der Waals surface area contributed by atoms with Crippen molar-refractivity contribution >= 4 is 136 Å². The third-order valence-electron chi connectivity index (χ3n) is 22.3. The maximum absolute atomic E-state index is 15.0. The molecule has 0 saturated carbocycles. The number of amides is 14. The zero-order chi connectivity index (χ0) is 102. The molecule has 0 aromatic heterocycles. The van der Waals surface area contributed by atoms with Crippen molar-refractivity contribution in [3.8, 4) is 11.5 Å². The highest BCUT2D eigenvalue weighted by Gasteiger charge is 2.47. The number of phenols is 2. The summed E-state index contributed by atoms with van der Waals surface area (Å²) in [6.45, 7) is -1.06. The first-order valence-electron chi connectivity index (χ1n) is 43.7. The number of nitrogens with zero attached hydrogens (tertiary/aromatic N) is 3. The highest BCUT2D eigenvalue weighted by atomic mass is 16.4. The molecule has 0 radical (unpaired) electrons. The van der Waals surface area contributed by atoms with Gasteiger partial charge in [-0.15, -0.1) is 0 Å². The van der Waals surface area contributed by atoms with Crippen molar-refractivity contribution in [3.05, 3.63) is 131 Å². The number of phenolic OH excluding ortho intramolecular Hbond substituents is 2. The van der Waals surface area contributed by atoms with Crippen molar-refractivity contribution in [2.24, 2.45) is 17.2 Å². The largest absolute Gasteiger partial charge is 0.508 e. The van der Waals surface area contributed by atoms with E-state index in [2.05, 4.69) is 69.1 Å². The van der Waals surface area contributed by atoms with Crippen LogP contribution in [0.15, 0.2) is 109 Å². The molecule has 15 atom stereocenters. The van der Waals surface area contributed by atoms with Crippen LogP contribution in [0.4, 0.5) is 0 Å². The van der Waals surface area contributed by atoms with E-state index >= 15 is 4.79 Å². The standard InChI is InChI=1S/C87H113N21O30/c88-50(38-65(111)112)71(123)97-53(34-44-12-3-1-4-13-44)73(125)100-58(40-67(115)116)78(130)96-52(17-8-30-94-87(91)92)82(134)106-31-9-20-64(106)81(133)104-60(42-69(119)120)84(136)108-33-11-19-63(108)80(132)102-56(37-47-23-27-49(110)28-24-47)75(127)103-59(41-68(117)118)83(135)107-32-10-18-62(107)79(131)101-55(36-46-21-25-48(109)26-22-46)74(126)99-57(39-66(113)114)77(129)95-51(16-7-29-93-86(89)90)72(124)98-54(35-45-14-5-2-6-15-45)76(128)105-61(85(137)138)43-70(121)122/h1-6,12-15,21-28,50-64,109-110H,7-11,16-20,29-43,88H2,(H,95,129)(H,96,130)(H,97,123)(H,98,124)(H,99,126)(H,100,125)(H,101,131)(H,102,132)(H,103,127)(H,104,133)(H,105,128)(H,111,112)(H,113,114)(H,115,116)(H,117,118)(H,119,120)(H,121,122)(H,137,138)(H4,89,90,93)(H4,91,92,94)/t50-,51-,52-,53-,54-,55-,56-,57-,58-,59-,60-,61-,62-,63-,64-/m0/s1. The van der Waals surface area contributed by atoms with Crippen LogP contribution in [0.5, 0.6) is 11.5 Å². The summed E-state index contributed by atoms with van der Waals surface area (Å²) >= 11 is 0. The quantitative estimate of drug-likeness (QED) is 0.0111. The maximum Gasteiger partial charge on any atom is 0.326 e. The van der Waals surface area contributed by atoms with Crippen LogP contribution in [0, 0.1) is 10.8 Å². The molecule has 0 bridgehead atoms. The first-order chi connectivity index (χ1) is 65.3. The van der Waals surface area contributed by atoms with Gasteiger partial charge < -0.3 is 147 Å². The van der Waals surface area contributed by atoms with E-state index < -0.39 is 278 Å². The molecule has 3 aliphatic rings. The number of rotatable bonds is 54. The molecule has 51 nitrogen and oxygen atoms in total. The number of hydrogen-bond acceptors (Lipinski definition) is 26. The zero-order valence-electron chi connectivity index (χ0n) is 74.4. The molecular formula is C87H113N21O30. The van der Waals surface area contributed by atoms with Gasteiger partial charge in [0.25, 0.3) is 0 Å². The van der Waals surface area contributed by atoms with Gasteiger partial charge in [0.15, 0.2) is 11.9 Å². The molecule has 14 amide bonds. The Hall–Kier alpha value is -16.2. The number of aromatic hydroxyl groups is 2. The number of guanidine groups is 2. The first-order valence-corrected chi connectivity index (χ1v) is 43.7. The average Bonchev–Trinajstić information content (AvgIpc) is 1.69. The fourth-order valence-corrected chi connectivity index (χ4v) is 15.5. The Balaban J connectivity index is 1.09. The lowest BCUT2D eigenvalue weighted by Crippen LogP contribution is -2.61. The zero-order valence-corrected chi connectivity index (χ0v) is 74.4. The van der Waals surface area contributed by atoms with Gasteiger partial charge in [-0.2, -0.15) is 0 Å². The number of nitrogens with one attached hydrogen (secondary N) is 15. The molecule has 0 aliphatic carbocycles. The lowest BCUT2D eigenvalue weighted by Gasteiger charge is -2.32. The second-order valence-electron chi connectivity index (χ2n) is 32.9. The van der Waals surface area contributed by atoms with E-state index in [4.69, 9.17) is 28.0 Å². The van der Waals surface area contributed by atoms with Crippen molar-refractivity contribution < 1.29 is 147 Å². The SMILES string of the molecule is N=C(N)NCCC[C@H](NC(=O)[C@H](CC(=O)O)NC(=O)[C@H](Cc1ccc(O)cc1)NC(=O)[C@@H]1CCCN1C(=O)[C@H](CC(=O)O)NC(=O)[C@H](Cc1ccc(O)cc1)NC(=O)[C@@H]1CCCN1C(=O)[C@H](CC(=O)O)NC(=O)[C@@H]1CCCN1C(=O)[C@H](CCCNC(=N)N)NC(=O)[C@H](CC(=O)O)NC(=O)[C@H](Cc1ccccc1)NC(=O)[C@@H](N)CC(=O)O)C(=O)N[C@@H](Cc1ccccc1)C(=O)N[C@@H](CC(=O)O)C(=O)O. The topological polar surface area (TPSA) is 832 Å². The maximum atomic E-state index is 15.0. The number of hydrogen-bond donors (Lipinski definition) is 27. The number of likely N-dealkylation sites (tertiary alicyclic amines) is 3. The summed E-state index contributed by atoms with van der Waals surface area (Å²) in [7, 11) is 0.